The van der Waals surface area contributed by atoms with Gasteiger partial charge in [0.1, 0.15) is 11.6 Å². The molecule has 2 heterocycles. The summed E-state index contributed by atoms with van der Waals surface area (Å²) >= 11 is 0. The molecule has 3 aromatic rings. The number of aryl methyl sites for hydroxylation is 2. The Morgan fingerprint density at radius 2 is 1.91 bits per heavy atom. The molecule has 1 aliphatic carbocycles. The predicted octanol–water partition coefficient (Wildman–Crippen LogP) is 5.18. The summed E-state index contributed by atoms with van der Waals surface area (Å²) in [6, 6.07) is 15.0. The Bertz CT molecular complexity index is 1170. The number of amides is 1. The third-order valence-corrected chi connectivity index (χ3v) is 6.84. The molecule has 2 aromatic carbocycles. The number of halogens is 1. The van der Waals surface area contributed by atoms with Crippen LogP contribution in [0.1, 0.15) is 47.4 Å². The summed E-state index contributed by atoms with van der Waals surface area (Å²) in [5.41, 5.74) is 5.20. The molecule has 1 aliphatic heterocycles. The van der Waals surface area contributed by atoms with Gasteiger partial charge in [0.2, 0.25) is 0 Å². The van der Waals surface area contributed by atoms with Crippen molar-refractivity contribution >= 4 is 5.91 Å². The lowest BCUT2D eigenvalue weighted by Crippen LogP contribution is -2.63. The summed E-state index contributed by atoms with van der Waals surface area (Å²) in [6.07, 6.45) is 2.04. The van der Waals surface area contributed by atoms with Crippen LogP contribution in [-0.4, -0.2) is 40.3 Å². The SMILES string of the molecule is CCOc1cc(F)ccc1C(=O)N1CC2(CC(n3nc(-c4ccccc4C)cc3C)C2)C1. The van der Waals surface area contributed by atoms with Gasteiger partial charge in [-0.2, -0.15) is 5.10 Å². The van der Waals surface area contributed by atoms with Gasteiger partial charge >= 0.3 is 0 Å². The molecule has 1 saturated heterocycles. The number of hydrogen-bond acceptors (Lipinski definition) is 3. The van der Waals surface area contributed by atoms with E-state index in [0.717, 1.165) is 31.6 Å². The first-order valence-electron chi connectivity index (χ1n) is 11.2. The van der Waals surface area contributed by atoms with Crippen LogP contribution in [0.5, 0.6) is 5.75 Å². The highest BCUT2D eigenvalue weighted by Crippen LogP contribution is 2.54. The van der Waals surface area contributed by atoms with E-state index in [0.29, 0.717) is 24.0 Å². The zero-order valence-electron chi connectivity index (χ0n) is 18.8. The minimum absolute atomic E-state index is 0.0837. The van der Waals surface area contributed by atoms with Crippen molar-refractivity contribution in [2.75, 3.05) is 19.7 Å². The highest BCUT2D eigenvalue weighted by molar-refractivity contribution is 5.97. The zero-order valence-corrected chi connectivity index (χ0v) is 18.8. The monoisotopic (exact) mass is 433 g/mol. The van der Waals surface area contributed by atoms with E-state index in [1.165, 1.54) is 35.0 Å². The van der Waals surface area contributed by atoms with Crippen molar-refractivity contribution in [1.82, 2.24) is 14.7 Å². The van der Waals surface area contributed by atoms with Crippen molar-refractivity contribution in [2.24, 2.45) is 5.41 Å². The molecule has 5 rings (SSSR count). The van der Waals surface area contributed by atoms with Crippen LogP contribution in [0.15, 0.2) is 48.5 Å². The molecule has 2 aliphatic rings. The molecule has 0 unspecified atom stereocenters. The van der Waals surface area contributed by atoms with E-state index in [2.05, 4.69) is 36.7 Å². The number of ether oxygens (including phenoxy) is 1. The minimum atomic E-state index is -0.397. The Balaban J connectivity index is 1.24. The summed E-state index contributed by atoms with van der Waals surface area (Å²) in [5.74, 6) is -0.160. The van der Waals surface area contributed by atoms with E-state index < -0.39 is 5.82 Å². The smallest absolute Gasteiger partial charge is 0.257 e. The third kappa shape index (κ3) is 3.48. The molecule has 166 valence electrons. The molecule has 5 nitrogen and oxygen atoms in total. The molecule has 1 saturated carbocycles. The van der Waals surface area contributed by atoms with Crippen molar-refractivity contribution < 1.29 is 13.9 Å². The van der Waals surface area contributed by atoms with Gasteiger partial charge in [0.05, 0.1) is 23.9 Å². The number of aromatic nitrogens is 2. The number of nitrogens with zero attached hydrogens (tertiary/aromatic N) is 3. The van der Waals surface area contributed by atoms with Crippen LogP contribution in [0.3, 0.4) is 0 Å². The van der Waals surface area contributed by atoms with Gasteiger partial charge in [0, 0.05) is 35.8 Å². The zero-order chi connectivity index (χ0) is 22.5. The van der Waals surface area contributed by atoms with Gasteiger partial charge in [0.25, 0.3) is 5.91 Å². The first-order valence-corrected chi connectivity index (χ1v) is 11.2. The lowest BCUT2D eigenvalue weighted by atomic mass is 9.60. The number of rotatable bonds is 5. The second-order valence-corrected chi connectivity index (χ2v) is 9.23. The van der Waals surface area contributed by atoms with Gasteiger partial charge in [-0.15, -0.1) is 0 Å². The second kappa shape index (κ2) is 7.76. The Kier molecular flexibility index (Phi) is 5.03. The van der Waals surface area contributed by atoms with Crippen LogP contribution < -0.4 is 4.74 Å². The molecule has 1 aromatic heterocycles. The molecule has 1 amide bonds. The molecule has 1 spiro atoms. The Morgan fingerprint density at radius 3 is 2.62 bits per heavy atom. The van der Waals surface area contributed by atoms with Crippen LogP contribution in [0.4, 0.5) is 4.39 Å². The molecular weight excluding hydrogens is 405 g/mol. The van der Waals surface area contributed by atoms with Gasteiger partial charge in [-0.3, -0.25) is 9.48 Å². The van der Waals surface area contributed by atoms with Gasteiger partial charge in [-0.05, 0) is 57.4 Å². The molecule has 0 bridgehead atoms. The van der Waals surface area contributed by atoms with Crippen molar-refractivity contribution in [3.63, 3.8) is 0 Å². The lowest BCUT2D eigenvalue weighted by molar-refractivity contribution is -0.0743. The van der Waals surface area contributed by atoms with Crippen LogP contribution in [0.25, 0.3) is 11.3 Å². The number of carbonyl (C=O) groups is 1. The maximum Gasteiger partial charge on any atom is 0.257 e. The van der Waals surface area contributed by atoms with Gasteiger partial charge in [0.15, 0.2) is 0 Å². The van der Waals surface area contributed by atoms with Crippen LogP contribution in [0, 0.1) is 25.1 Å². The summed E-state index contributed by atoms with van der Waals surface area (Å²) in [6.45, 7) is 7.91. The molecule has 2 fully saturated rings. The van der Waals surface area contributed by atoms with E-state index in [-0.39, 0.29) is 11.3 Å². The molecule has 0 radical (unpaired) electrons. The summed E-state index contributed by atoms with van der Waals surface area (Å²) in [5, 5.41) is 4.91. The van der Waals surface area contributed by atoms with Gasteiger partial charge in [-0.1, -0.05) is 24.3 Å². The fourth-order valence-electron chi connectivity index (χ4n) is 5.25. The average Bonchev–Trinajstić information content (AvgIpc) is 3.07. The lowest BCUT2D eigenvalue weighted by Gasteiger charge is -2.59. The second-order valence-electron chi connectivity index (χ2n) is 9.23. The van der Waals surface area contributed by atoms with Crippen molar-refractivity contribution in [2.45, 2.75) is 39.7 Å². The molecule has 6 heteroatoms. The predicted molar refractivity (Wildman–Crippen MR) is 121 cm³/mol. The van der Waals surface area contributed by atoms with Crippen molar-refractivity contribution in [3.8, 4) is 17.0 Å². The number of benzene rings is 2. The highest BCUT2D eigenvalue weighted by Gasteiger charge is 2.54. The van der Waals surface area contributed by atoms with Crippen LogP contribution in [-0.2, 0) is 0 Å². The third-order valence-electron chi connectivity index (χ3n) is 6.84. The first-order chi connectivity index (χ1) is 15.4. The van der Waals surface area contributed by atoms with E-state index in [4.69, 9.17) is 9.84 Å². The van der Waals surface area contributed by atoms with Crippen molar-refractivity contribution in [1.29, 1.82) is 0 Å². The van der Waals surface area contributed by atoms with Crippen molar-refractivity contribution in [3.05, 3.63) is 71.2 Å². The molecular formula is C26H28FN3O2. The molecule has 32 heavy (non-hydrogen) atoms. The fraction of sp³-hybridized carbons (Fsp3) is 0.385. The standard InChI is InChI=1S/C26H28FN3O2/c1-4-32-24-12-19(27)9-10-22(24)25(31)29-15-26(16-29)13-20(14-26)30-18(3)11-23(28-30)21-8-6-5-7-17(21)2/h5-12,20H,4,13-16H2,1-3H3. The number of likely N-dealkylation sites (tertiary alicyclic amines) is 1. The summed E-state index contributed by atoms with van der Waals surface area (Å²) in [4.78, 5) is 14.8. The molecule has 0 N–H and O–H groups in total. The summed E-state index contributed by atoms with van der Waals surface area (Å²) < 4.78 is 21.2. The largest absolute Gasteiger partial charge is 0.493 e. The van der Waals surface area contributed by atoms with E-state index in [1.54, 1.807) is 0 Å². The average molecular weight is 434 g/mol. The maximum atomic E-state index is 13.6. The summed E-state index contributed by atoms with van der Waals surface area (Å²) in [7, 11) is 0. The fourth-order valence-corrected chi connectivity index (χ4v) is 5.25. The van der Waals surface area contributed by atoms with E-state index in [1.807, 2.05) is 24.0 Å². The maximum absolute atomic E-state index is 13.6. The van der Waals surface area contributed by atoms with E-state index >= 15 is 0 Å². The number of hydrogen-bond donors (Lipinski definition) is 0. The highest BCUT2D eigenvalue weighted by atomic mass is 19.1. The normalized spacial score (nSPS) is 17.2. The minimum Gasteiger partial charge on any atom is -0.493 e. The Morgan fingerprint density at radius 1 is 1.16 bits per heavy atom. The van der Waals surface area contributed by atoms with E-state index in [9.17, 15) is 9.18 Å². The van der Waals surface area contributed by atoms with Crippen LogP contribution >= 0.6 is 0 Å². The molecule has 0 atom stereocenters. The van der Waals surface area contributed by atoms with Gasteiger partial charge in [-0.25, -0.2) is 4.39 Å². The van der Waals surface area contributed by atoms with Gasteiger partial charge < -0.3 is 9.64 Å². The van der Waals surface area contributed by atoms with Crippen LogP contribution in [0.2, 0.25) is 0 Å². The first kappa shape index (κ1) is 20.7. The number of carbonyl (C=O) groups excluding carboxylic acids is 1. The Labute approximate surface area is 187 Å². The topological polar surface area (TPSA) is 47.4 Å². The quantitative estimate of drug-likeness (QED) is 0.557. The Hall–Kier alpha value is -3.15.